The molecule has 0 unspecified atom stereocenters. The Hall–Kier alpha value is -3.57. The van der Waals surface area contributed by atoms with Gasteiger partial charge in [-0.3, -0.25) is 4.72 Å². The van der Waals surface area contributed by atoms with Crippen LogP contribution in [0.5, 0.6) is 5.88 Å². The Balaban J connectivity index is 1.81. The molecule has 3 heterocycles. The maximum atomic E-state index is 14.9. The van der Waals surface area contributed by atoms with E-state index in [-0.39, 0.29) is 21.5 Å². The van der Waals surface area contributed by atoms with Crippen LogP contribution in [0.1, 0.15) is 11.3 Å². The van der Waals surface area contributed by atoms with Crippen molar-refractivity contribution in [3.63, 3.8) is 0 Å². The number of anilines is 2. The Kier molecular flexibility index (Phi) is 6.24. The fourth-order valence-electron chi connectivity index (χ4n) is 3.43. The van der Waals surface area contributed by atoms with Gasteiger partial charge < -0.3 is 10.1 Å². The van der Waals surface area contributed by atoms with Crippen LogP contribution in [0, 0.1) is 19.7 Å². The smallest absolute Gasteiger partial charge is 0.267 e. The molecule has 2 N–H and O–H groups in total. The quantitative estimate of drug-likeness (QED) is 0.399. The summed E-state index contributed by atoms with van der Waals surface area (Å²) in [5, 5.41) is 3.62. The lowest BCUT2D eigenvalue weighted by Crippen LogP contribution is -2.15. The molecular formula is C22H20ClFN6O3S. The van der Waals surface area contributed by atoms with E-state index in [4.69, 9.17) is 16.3 Å². The summed E-state index contributed by atoms with van der Waals surface area (Å²) < 4.78 is 48.4. The van der Waals surface area contributed by atoms with Gasteiger partial charge in [0, 0.05) is 36.1 Å². The first-order valence-electron chi connectivity index (χ1n) is 9.98. The number of pyridine rings is 2. The van der Waals surface area contributed by atoms with Crippen molar-refractivity contribution in [2.75, 3.05) is 24.2 Å². The van der Waals surface area contributed by atoms with Crippen LogP contribution in [0.25, 0.3) is 22.2 Å². The van der Waals surface area contributed by atoms with Crippen LogP contribution in [-0.4, -0.2) is 42.5 Å². The topological polar surface area (TPSA) is 119 Å². The second kappa shape index (κ2) is 8.99. The third-order valence-corrected chi connectivity index (χ3v) is 6.72. The Bertz CT molecular complexity index is 1530. The highest BCUT2D eigenvalue weighted by molar-refractivity contribution is 7.92. The van der Waals surface area contributed by atoms with E-state index in [1.807, 2.05) is 0 Å². The van der Waals surface area contributed by atoms with E-state index in [0.717, 1.165) is 6.07 Å². The van der Waals surface area contributed by atoms with E-state index in [0.29, 0.717) is 39.4 Å². The van der Waals surface area contributed by atoms with Crippen LogP contribution in [0.2, 0.25) is 5.02 Å². The van der Waals surface area contributed by atoms with Crippen LogP contribution < -0.4 is 14.8 Å². The normalized spacial score (nSPS) is 11.5. The third kappa shape index (κ3) is 4.44. The van der Waals surface area contributed by atoms with Crippen molar-refractivity contribution >= 4 is 44.3 Å². The summed E-state index contributed by atoms with van der Waals surface area (Å²) in [7, 11) is -1.20. The number of aromatic nitrogens is 4. The van der Waals surface area contributed by atoms with Crippen LogP contribution in [0.4, 0.5) is 16.0 Å². The number of ether oxygens (including phenoxy) is 1. The highest BCUT2D eigenvalue weighted by atomic mass is 35.5. The zero-order chi connectivity index (χ0) is 24.6. The summed E-state index contributed by atoms with van der Waals surface area (Å²) >= 11 is 5.93. The number of halogens is 2. The molecule has 0 atom stereocenters. The van der Waals surface area contributed by atoms with E-state index < -0.39 is 15.8 Å². The Morgan fingerprint density at radius 3 is 2.50 bits per heavy atom. The van der Waals surface area contributed by atoms with E-state index in [1.54, 1.807) is 39.2 Å². The van der Waals surface area contributed by atoms with E-state index in [2.05, 4.69) is 30.0 Å². The summed E-state index contributed by atoms with van der Waals surface area (Å²) in [6, 6.07) is 5.64. The average Bonchev–Trinajstić information content (AvgIpc) is 2.80. The van der Waals surface area contributed by atoms with Crippen molar-refractivity contribution in [3.05, 3.63) is 58.8 Å². The molecule has 1 aromatic carbocycles. The van der Waals surface area contributed by atoms with Gasteiger partial charge in [0.2, 0.25) is 11.8 Å². The number of nitrogens with one attached hydrogen (secondary N) is 2. The molecule has 34 heavy (non-hydrogen) atoms. The van der Waals surface area contributed by atoms with Gasteiger partial charge in [0.05, 0.1) is 17.8 Å². The van der Waals surface area contributed by atoms with Crippen LogP contribution >= 0.6 is 11.6 Å². The second-order valence-electron chi connectivity index (χ2n) is 7.37. The minimum absolute atomic E-state index is 0.0152. The van der Waals surface area contributed by atoms with Gasteiger partial charge >= 0.3 is 0 Å². The number of rotatable bonds is 6. The average molecular weight is 503 g/mol. The molecule has 0 spiro atoms. The molecule has 0 aliphatic rings. The first-order chi connectivity index (χ1) is 16.1. The molecule has 0 aliphatic heterocycles. The molecule has 4 rings (SSSR count). The monoisotopic (exact) mass is 502 g/mol. The van der Waals surface area contributed by atoms with Gasteiger partial charge in [-0.1, -0.05) is 11.6 Å². The van der Waals surface area contributed by atoms with Crippen LogP contribution in [0.15, 0.2) is 41.6 Å². The Morgan fingerprint density at radius 1 is 1.03 bits per heavy atom. The zero-order valence-electron chi connectivity index (χ0n) is 18.6. The number of benzene rings is 1. The maximum absolute atomic E-state index is 14.9. The summed E-state index contributed by atoms with van der Waals surface area (Å²) in [6.07, 6.45) is 2.88. The first-order valence-corrected chi connectivity index (χ1v) is 11.8. The van der Waals surface area contributed by atoms with Crippen molar-refractivity contribution in [1.29, 1.82) is 0 Å². The molecule has 4 aromatic rings. The maximum Gasteiger partial charge on any atom is 0.267 e. The largest absolute Gasteiger partial charge is 0.480 e. The van der Waals surface area contributed by atoms with E-state index >= 15 is 0 Å². The number of aryl methyl sites for hydroxylation is 1. The molecule has 0 saturated heterocycles. The second-order valence-corrected chi connectivity index (χ2v) is 9.46. The molecule has 12 heteroatoms. The van der Waals surface area contributed by atoms with E-state index in [1.165, 1.54) is 19.4 Å². The lowest BCUT2D eigenvalue weighted by molar-refractivity contribution is 0.385. The molecule has 0 radical (unpaired) electrons. The van der Waals surface area contributed by atoms with Gasteiger partial charge in [-0.2, -0.15) is 4.98 Å². The van der Waals surface area contributed by atoms with Gasteiger partial charge in [-0.15, -0.1) is 0 Å². The van der Waals surface area contributed by atoms with Gasteiger partial charge in [0.25, 0.3) is 10.0 Å². The van der Waals surface area contributed by atoms with E-state index in [9.17, 15) is 12.8 Å². The number of methoxy groups -OCH3 is 1. The number of sulfonamides is 1. The SMILES string of the molecule is CNc1ncc2cc(-c3cc(NS(=O)(=O)c4cc(Cl)cnc4OC)cc(F)c3C)c(C)nc2n1. The van der Waals surface area contributed by atoms with Gasteiger partial charge in [0.15, 0.2) is 10.5 Å². The molecule has 0 bridgehead atoms. The molecule has 176 valence electrons. The minimum Gasteiger partial charge on any atom is -0.480 e. The van der Waals surface area contributed by atoms with Gasteiger partial charge in [0.1, 0.15) is 5.82 Å². The molecule has 0 fully saturated rings. The van der Waals surface area contributed by atoms with Crippen molar-refractivity contribution < 1.29 is 17.5 Å². The fraction of sp³-hybridized carbons (Fsp3) is 0.182. The number of hydrogen-bond donors (Lipinski definition) is 2. The summed E-state index contributed by atoms with van der Waals surface area (Å²) in [5.74, 6) is -0.301. The molecular weight excluding hydrogens is 483 g/mol. The van der Waals surface area contributed by atoms with Crippen LogP contribution in [-0.2, 0) is 10.0 Å². The van der Waals surface area contributed by atoms with Gasteiger partial charge in [-0.05, 0) is 49.2 Å². The highest BCUT2D eigenvalue weighted by Gasteiger charge is 2.23. The van der Waals surface area contributed by atoms with Crippen molar-refractivity contribution in [1.82, 2.24) is 19.9 Å². The Morgan fingerprint density at radius 2 is 1.79 bits per heavy atom. The lowest BCUT2D eigenvalue weighted by atomic mass is 9.97. The summed E-state index contributed by atoms with van der Waals surface area (Å²) in [6.45, 7) is 3.38. The van der Waals surface area contributed by atoms with Crippen molar-refractivity contribution in [2.24, 2.45) is 0 Å². The Labute approximate surface area is 200 Å². The molecule has 0 amide bonds. The zero-order valence-corrected chi connectivity index (χ0v) is 20.2. The standard InChI is InChI=1S/C22H20ClFN6O3S/c1-11-16(17-5-13-9-27-22(25-3)29-20(13)28-12(17)2)7-15(8-18(11)24)30-34(31,32)19-6-14(23)10-26-21(19)33-4/h5-10,30H,1-4H3,(H,25,27,28,29). The van der Waals surface area contributed by atoms with Gasteiger partial charge in [-0.25, -0.2) is 27.8 Å². The molecule has 3 aromatic heterocycles. The van der Waals surface area contributed by atoms with Crippen molar-refractivity contribution in [2.45, 2.75) is 18.7 Å². The number of nitrogens with zero attached hydrogens (tertiary/aromatic N) is 4. The number of fused-ring (bicyclic) bond motifs is 1. The first kappa shape index (κ1) is 23.6. The lowest BCUT2D eigenvalue weighted by Gasteiger charge is -2.15. The highest BCUT2D eigenvalue weighted by Crippen LogP contribution is 2.34. The van der Waals surface area contributed by atoms with Crippen LogP contribution in [0.3, 0.4) is 0 Å². The molecule has 9 nitrogen and oxygen atoms in total. The summed E-state index contributed by atoms with van der Waals surface area (Å²) in [4.78, 5) is 16.7. The predicted molar refractivity (Wildman–Crippen MR) is 128 cm³/mol. The number of hydrogen-bond acceptors (Lipinski definition) is 8. The third-order valence-electron chi connectivity index (χ3n) is 5.14. The van der Waals surface area contributed by atoms with Crippen molar-refractivity contribution in [3.8, 4) is 17.0 Å². The predicted octanol–water partition coefficient (Wildman–Crippen LogP) is 4.35. The fourth-order valence-corrected chi connectivity index (χ4v) is 4.84. The molecule has 0 saturated carbocycles. The minimum atomic E-state index is -4.19. The summed E-state index contributed by atoms with van der Waals surface area (Å²) in [5.41, 5.74) is 2.52. The molecule has 0 aliphatic carbocycles.